The van der Waals surface area contributed by atoms with E-state index in [4.69, 9.17) is 0 Å². The summed E-state index contributed by atoms with van der Waals surface area (Å²) in [7, 11) is 0. The first-order chi connectivity index (χ1) is 12.6. The van der Waals surface area contributed by atoms with Crippen LogP contribution in [0.3, 0.4) is 0 Å². The monoisotopic (exact) mass is 345 g/mol. The molecular weight excluding hydrogens is 326 g/mol. The number of Topliss-reactive ketones (excluding diaryl/α,β-unsaturated/α-hetero) is 1. The average molecular weight is 345 g/mol. The highest BCUT2D eigenvalue weighted by Gasteiger charge is 2.26. The summed E-state index contributed by atoms with van der Waals surface area (Å²) in [5.41, 5.74) is 2.63. The van der Waals surface area contributed by atoms with E-state index in [1.54, 1.807) is 22.9 Å². The van der Waals surface area contributed by atoms with Crippen LogP contribution in [-0.4, -0.2) is 15.5 Å². The van der Waals surface area contributed by atoms with Gasteiger partial charge in [0.05, 0.1) is 0 Å². The lowest BCUT2D eigenvalue weighted by Crippen LogP contribution is -2.23. The zero-order chi connectivity index (χ0) is 18.3. The van der Waals surface area contributed by atoms with Gasteiger partial charge < -0.3 is 9.67 Å². The summed E-state index contributed by atoms with van der Waals surface area (Å²) >= 11 is 0. The number of hydrogen-bond acceptors (Lipinski definition) is 3. The predicted molar refractivity (Wildman–Crippen MR) is 103 cm³/mol. The number of ketones is 1. The maximum absolute atomic E-state index is 12.9. The van der Waals surface area contributed by atoms with Gasteiger partial charge in [-0.2, -0.15) is 0 Å². The molecule has 0 unspecified atom stereocenters. The number of aryl methyl sites for hydroxylation is 1. The van der Waals surface area contributed by atoms with Crippen molar-refractivity contribution in [3.05, 3.63) is 75.9 Å². The van der Waals surface area contributed by atoms with Crippen molar-refractivity contribution in [3.63, 3.8) is 0 Å². The van der Waals surface area contributed by atoms with Crippen molar-refractivity contribution in [2.45, 2.75) is 26.3 Å². The van der Waals surface area contributed by atoms with Crippen LogP contribution < -0.4 is 5.56 Å². The van der Waals surface area contributed by atoms with Gasteiger partial charge in [0, 0.05) is 34.6 Å². The van der Waals surface area contributed by atoms with Gasteiger partial charge in [-0.25, -0.2) is 0 Å². The summed E-state index contributed by atoms with van der Waals surface area (Å²) in [4.78, 5) is 25.6. The Kier molecular flexibility index (Phi) is 3.96. The van der Waals surface area contributed by atoms with E-state index in [0.717, 1.165) is 24.0 Å². The highest BCUT2D eigenvalue weighted by molar-refractivity contribution is 6.24. The third-order valence-electron chi connectivity index (χ3n) is 4.87. The fourth-order valence-electron chi connectivity index (χ4n) is 3.57. The van der Waals surface area contributed by atoms with Crippen LogP contribution in [0.5, 0.6) is 0 Å². The molecule has 0 amide bonds. The molecule has 1 aromatic heterocycles. The Morgan fingerprint density at radius 2 is 1.81 bits per heavy atom. The largest absolute Gasteiger partial charge is 0.504 e. The van der Waals surface area contributed by atoms with Gasteiger partial charge >= 0.3 is 0 Å². The zero-order valence-corrected chi connectivity index (χ0v) is 14.5. The van der Waals surface area contributed by atoms with Crippen LogP contribution in [0.2, 0.25) is 0 Å². The van der Waals surface area contributed by atoms with E-state index in [2.05, 4.69) is 6.92 Å². The van der Waals surface area contributed by atoms with E-state index < -0.39 is 5.78 Å². The number of allylic oxidation sites excluding steroid dienone is 1. The Morgan fingerprint density at radius 3 is 2.54 bits per heavy atom. The molecule has 3 aromatic rings. The summed E-state index contributed by atoms with van der Waals surface area (Å²) in [6, 6.07) is 13.1. The standard InChI is InChI=1S/C22H19NO3/c1-2-3-11-23-13-15-12-18(24)21(25)20-16(14-7-5-4-6-8-14)9-10-17(19(15)20)22(23)26/h4-10,12-13,24H,2-3,11H2,1H3. The van der Waals surface area contributed by atoms with E-state index in [9.17, 15) is 14.7 Å². The normalized spacial score (nSPS) is 13.1. The summed E-state index contributed by atoms with van der Waals surface area (Å²) in [5.74, 6) is -0.726. The number of unbranched alkanes of at least 4 members (excludes halogenated alkanes) is 1. The van der Waals surface area contributed by atoms with Crippen LogP contribution >= 0.6 is 0 Å². The second-order valence-corrected chi connectivity index (χ2v) is 6.57. The van der Waals surface area contributed by atoms with Crippen LogP contribution in [0, 0.1) is 0 Å². The van der Waals surface area contributed by atoms with Crippen LogP contribution in [0.15, 0.2) is 59.2 Å². The lowest BCUT2D eigenvalue weighted by molar-refractivity contribution is 0.0981. The Labute approximate surface area is 151 Å². The summed E-state index contributed by atoms with van der Waals surface area (Å²) in [6.45, 7) is 2.70. The maximum atomic E-state index is 12.9. The molecule has 0 saturated carbocycles. The number of aliphatic hydroxyl groups excluding tert-OH is 1. The molecular formula is C22H19NO3. The number of aliphatic hydroxyl groups is 1. The van der Waals surface area contributed by atoms with Gasteiger partial charge in [0.2, 0.25) is 5.78 Å². The zero-order valence-electron chi connectivity index (χ0n) is 14.5. The van der Waals surface area contributed by atoms with Crippen LogP contribution in [0.4, 0.5) is 0 Å². The van der Waals surface area contributed by atoms with E-state index in [-0.39, 0.29) is 11.3 Å². The molecule has 0 spiro atoms. The first-order valence-electron chi connectivity index (χ1n) is 8.82. The molecule has 4 rings (SSSR count). The van der Waals surface area contributed by atoms with Crippen molar-refractivity contribution < 1.29 is 9.90 Å². The Bertz CT molecular complexity index is 1110. The third kappa shape index (κ3) is 2.46. The minimum atomic E-state index is -0.437. The van der Waals surface area contributed by atoms with Crippen molar-refractivity contribution in [1.82, 2.24) is 4.57 Å². The van der Waals surface area contributed by atoms with E-state index >= 15 is 0 Å². The third-order valence-corrected chi connectivity index (χ3v) is 4.87. The quantitative estimate of drug-likeness (QED) is 0.754. The van der Waals surface area contributed by atoms with Crippen molar-refractivity contribution in [2.24, 2.45) is 0 Å². The highest BCUT2D eigenvalue weighted by atomic mass is 16.3. The maximum Gasteiger partial charge on any atom is 0.258 e. The van der Waals surface area contributed by atoms with Crippen molar-refractivity contribution >= 4 is 22.6 Å². The van der Waals surface area contributed by atoms with Crippen molar-refractivity contribution in [3.8, 4) is 11.1 Å². The second-order valence-electron chi connectivity index (χ2n) is 6.57. The SMILES string of the molecule is CCCCn1cc2c3c(c(-c4ccccc4)ccc3c1=O)C(=O)C(O)=C2. The van der Waals surface area contributed by atoms with Gasteiger partial charge in [-0.1, -0.05) is 49.7 Å². The molecule has 1 aliphatic carbocycles. The smallest absolute Gasteiger partial charge is 0.258 e. The molecule has 0 bridgehead atoms. The number of carbonyl (C=O) groups excluding carboxylic acids is 1. The van der Waals surface area contributed by atoms with Gasteiger partial charge in [0.15, 0.2) is 5.76 Å². The number of carbonyl (C=O) groups is 1. The molecule has 0 atom stereocenters. The number of rotatable bonds is 4. The molecule has 0 saturated heterocycles. The molecule has 0 fully saturated rings. The Balaban J connectivity index is 2.07. The van der Waals surface area contributed by atoms with Crippen molar-refractivity contribution in [2.75, 3.05) is 0 Å². The van der Waals surface area contributed by atoms with Crippen molar-refractivity contribution in [1.29, 1.82) is 0 Å². The minimum absolute atomic E-state index is 0.0966. The molecule has 2 aromatic carbocycles. The fourth-order valence-corrected chi connectivity index (χ4v) is 3.57. The first kappa shape index (κ1) is 16.3. The average Bonchev–Trinajstić information content (AvgIpc) is 2.67. The summed E-state index contributed by atoms with van der Waals surface area (Å²) < 4.78 is 1.67. The molecule has 4 nitrogen and oxygen atoms in total. The lowest BCUT2D eigenvalue weighted by Gasteiger charge is -2.19. The number of nitrogens with zero attached hydrogens (tertiary/aromatic N) is 1. The van der Waals surface area contributed by atoms with Gasteiger partial charge in [-0.05, 0) is 29.7 Å². The predicted octanol–water partition coefficient (Wildman–Crippen LogP) is 4.56. The van der Waals surface area contributed by atoms with E-state index in [0.29, 0.717) is 28.4 Å². The number of pyridine rings is 1. The molecule has 4 heteroatoms. The highest BCUT2D eigenvalue weighted by Crippen LogP contribution is 2.36. The minimum Gasteiger partial charge on any atom is -0.504 e. The van der Waals surface area contributed by atoms with Gasteiger partial charge in [-0.3, -0.25) is 9.59 Å². The van der Waals surface area contributed by atoms with Gasteiger partial charge in [-0.15, -0.1) is 0 Å². The number of aromatic nitrogens is 1. The number of hydrogen-bond donors (Lipinski definition) is 1. The van der Waals surface area contributed by atoms with Gasteiger partial charge in [0.1, 0.15) is 0 Å². The summed E-state index contributed by atoms with van der Waals surface area (Å²) in [5, 5.41) is 11.4. The van der Waals surface area contributed by atoms with E-state index in [1.165, 1.54) is 6.08 Å². The molecule has 26 heavy (non-hydrogen) atoms. The second kappa shape index (κ2) is 6.30. The molecule has 130 valence electrons. The Morgan fingerprint density at radius 1 is 1.04 bits per heavy atom. The summed E-state index contributed by atoms with van der Waals surface area (Å²) in [6.07, 6.45) is 5.10. The molecule has 0 aliphatic heterocycles. The Hall–Kier alpha value is -3.14. The first-order valence-corrected chi connectivity index (χ1v) is 8.82. The van der Waals surface area contributed by atoms with Gasteiger partial charge in [0.25, 0.3) is 5.56 Å². The van der Waals surface area contributed by atoms with Crippen LogP contribution in [0.25, 0.3) is 28.0 Å². The molecule has 1 heterocycles. The number of benzene rings is 2. The molecule has 0 radical (unpaired) electrons. The van der Waals surface area contributed by atoms with E-state index in [1.807, 2.05) is 30.3 Å². The fraction of sp³-hybridized carbons (Fsp3) is 0.182. The van der Waals surface area contributed by atoms with Crippen LogP contribution in [0.1, 0.15) is 35.7 Å². The van der Waals surface area contributed by atoms with Crippen LogP contribution in [-0.2, 0) is 6.54 Å². The molecule has 1 aliphatic rings. The topological polar surface area (TPSA) is 59.3 Å². The lowest BCUT2D eigenvalue weighted by atomic mass is 9.86. The molecule has 1 N–H and O–H groups in total.